The highest BCUT2D eigenvalue weighted by atomic mass is 35.5. The van der Waals surface area contributed by atoms with Gasteiger partial charge in [-0.05, 0) is 43.4 Å². The van der Waals surface area contributed by atoms with Crippen LogP contribution in [0, 0.1) is 0 Å². The Labute approximate surface area is 163 Å². The van der Waals surface area contributed by atoms with Crippen molar-refractivity contribution in [2.75, 3.05) is 19.4 Å². The van der Waals surface area contributed by atoms with Gasteiger partial charge >= 0.3 is 0 Å². The number of phenolic OH excluding ortho intramolecular Hbond substituents is 1. The molecule has 1 amide bonds. The van der Waals surface area contributed by atoms with Crippen LogP contribution in [0.4, 0.5) is 0 Å². The Hall–Kier alpha value is -1.69. The van der Waals surface area contributed by atoms with Gasteiger partial charge in [-0.2, -0.15) is 0 Å². The Kier molecular flexibility index (Phi) is 6.46. The Balaban J connectivity index is 1.88. The molecule has 0 radical (unpaired) electrons. The molecule has 1 unspecified atom stereocenters. The van der Waals surface area contributed by atoms with E-state index >= 15 is 0 Å². The van der Waals surface area contributed by atoms with E-state index < -0.39 is 0 Å². The van der Waals surface area contributed by atoms with Crippen molar-refractivity contribution in [1.29, 1.82) is 0 Å². The highest BCUT2D eigenvalue weighted by molar-refractivity contribution is 7.98. The summed E-state index contributed by atoms with van der Waals surface area (Å²) in [6.45, 7) is 1.52. The molecule has 0 aromatic heterocycles. The van der Waals surface area contributed by atoms with E-state index in [0.717, 1.165) is 24.3 Å². The van der Waals surface area contributed by atoms with Crippen molar-refractivity contribution in [2.24, 2.45) is 0 Å². The third kappa shape index (κ3) is 4.53. The Morgan fingerprint density at radius 2 is 2.15 bits per heavy atom. The number of nitrogens with zero attached hydrogens (tertiary/aromatic N) is 1. The summed E-state index contributed by atoms with van der Waals surface area (Å²) in [5.74, 6) is 0.0336. The maximum absolute atomic E-state index is 13.2. The quantitative estimate of drug-likeness (QED) is 0.732. The molecule has 26 heavy (non-hydrogen) atoms. The van der Waals surface area contributed by atoms with Gasteiger partial charge < -0.3 is 14.7 Å². The molecule has 0 bridgehead atoms. The number of ether oxygens (including phenoxy) is 1. The lowest BCUT2D eigenvalue weighted by Gasteiger charge is -2.26. The van der Waals surface area contributed by atoms with E-state index in [-0.39, 0.29) is 17.8 Å². The molecule has 1 fully saturated rings. The van der Waals surface area contributed by atoms with Crippen molar-refractivity contribution in [1.82, 2.24) is 4.90 Å². The molecule has 0 aliphatic carbocycles. The summed E-state index contributed by atoms with van der Waals surface area (Å²) in [5.41, 5.74) is 1.18. The number of thioether (sulfide) groups is 1. The number of carbonyl (C=O) groups excluding carboxylic acids is 1. The van der Waals surface area contributed by atoms with E-state index in [1.54, 1.807) is 34.9 Å². The van der Waals surface area contributed by atoms with Gasteiger partial charge in [-0.3, -0.25) is 4.79 Å². The van der Waals surface area contributed by atoms with E-state index in [1.807, 2.05) is 30.5 Å². The molecule has 1 atom stereocenters. The second-order valence-electron chi connectivity index (χ2n) is 6.30. The number of rotatable bonds is 6. The number of para-hydroxylation sites is 1. The van der Waals surface area contributed by atoms with Crippen molar-refractivity contribution in [3.05, 3.63) is 58.6 Å². The summed E-state index contributed by atoms with van der Waals surface area (Å²) in [5, 5.41) is 10.5. The van der Waals surface area contributed by atoms with Crippen molar-refractivity contribution >= 4 is 29.3 Å². The molecular weight excluding hydrogens is 370 g/mol. The first kappa shape index (κ1) is 19.1. The number of phenols is 1. The van der Waals surface area contributed by atoms with Gasteiger partial charge in [0.25, 0.3) is 5.91 Å². The van der Waals surface area contributed by atoms with Crippen molar-refractivity contribution < 1.29 is 14.6 Å². The van der Waals surface area contributed by atoms with Crippen LogP contribution in [0.2, 0.25) is 5.02 Å². The zero-order chi connectivity index (χ0) is 18.5. The van der Waals surface area contributed by atoms with Gasteiger partial charge in [-0.15, -0.1) is 11.8 Å². The molecule has 1 saturated heterocycles. The van der Waals surface area contributed by atoms with E-state index in [2.05, 4.69) is 0 Å². The Bertz CT molecular complexity index is 777. The average molecular weight is 392 g/mol. The lowest BCUT2D eigenvalue weighted by molar-refractivity contribution is 0.0506. The number of carbonyl (C=O) groups is 1. The highest BCUT2D eigenvalue weighted by Gasteiger charge is 2.25. The first-order valence-corrected chi connectivity index (χ1v) is 10.2. The highest BCUT2D eigenvalue weighted by Crippen LogP contribution is 2.27. The first-order chi connectivity index (χ1) is 12.6. The Morgan fingerprint density at radius 3 is 2.85 bits per heavy atom. The lowest BCUT2D eigenvalue weighted by atomic mass is 10.1. The van der Waals surface area contributed by atoms with Crippen molar-refractivity contribution in [3.8, 4) is 5.75 Å². The summed E-state index contributed by atoms with van der Waals surface area (Å²) >= 11 is 7.87. The van der Waals surface area contributed by atoms with Crippen LogP contribution >= 0.6 is 23.4 Å². The summed E-state index contributed by atoms with van der Waals surface area (Å²) in [7, 11) is 0. The number of amides is 1. The maximum atomic E-state index is 13.2. The summed E-state index contributed by atoms with van der Waals surface area (Å²) in [6.07, 6.45) is 3.92. The summed E-state index contributed by atoms with van der Waals surface area (Å²) in [6, 6.07) is 12.6. The normalized spacial score (nSPS) is 16.6. The van der Waals surface area contributed by atoms with Crippen LogP contribution in [0.15, 0.2) is 47.4 Å². The number of hydrogen-bond acceptors (Lipinski definition) is 4. The molecule has 4 nitrogen and oxygen atoms in total. The van der Waals surface area contributed by atoms with Gasteiger partial charge in [0.05, 0.1) is 16.7 Å². The van der Waals surface area contributed by atoms with Crippen molar-refractivity contribution in [3.63, 3.8) is 0 Å². The fourth-order valence-corrected chi connectivity index (χ4v) is 3.71. The molecule has 1 N–H and O–H groups in total. The predicted octanol–water partition coefficient (Wildman–Crippen LogP) is 4.59. The largest absolute Gasteiger partial charge is 0.508 e. The number of aromatic hydroxyl groups is 1. The molecule has 2 aromatic rings. The lowest BCUT2D eigenvalue weighted by Crippen LogP contribution is -2.37. The molecule has 1 aliphatic rings. The standard InChI is InChI=1S/C20H22ClNO3S/c1-26-16-8-9-18(21)17(11-16)20(24)22(13-15-6-4-10-25-15)12-14-5-2-3-7-19(14)23/h2-3,5,7-9,11,15,23H,4,6,10,12-13H2,1H3. The van der Waals surface area contributed by atoms with Crippen LogP contribution in [0.5, 0.6) is 5.75 Å². The number of halogens is 1. The molecule has 1 heterocycles. The van der Waals surface area contributed by atoms with Gasteiger partial charge in [0, 0.05) is 30.2 Å². The van der Waals surface area contributed by atoms with E-state index in [4.69, 9.17) is 16.3 Å². The van der Waals surface area contributed by atoms with Gasteiger partial charge in [-0.25, -0.2) is 0 Å². The molecule has 138 valence electrons. The van der Waals surface area contributed by atoms with Crippen LogP contribution < -0.4 is 0 Å². The summed E-state index contributed by atoms with van der Waals surface area (Å²) < 4.78 is 5.72. The second-order valence-corrected chi connectivity index (χ2v) is 7.58. The molecule has 6 heteroatoms. The van der Waals surface area contributed by atoms with E-state index in [0.29, 0.717) is 29.2 Å². The Morgan fingerprint density at radius 1 is 1.35 bits per heavy atom. The minimum absolute atomic E-state index is 0.0207. The van der Waals surface area contributed by atoms with Crippen LogP contribution in [0.3, 0.4) is 0 Å². The topological polar surface area (TPSA) is 49.8 Å². The fourth-order valence-electron chi connectivity index (χ4n) is 3.07. The third-order valence-electron chi connectivity index (χ3n) is 4.49. The molecule has 0 saturated carbocycles. The van der Waals surface area contributed by atoms with Crippen LogP contribution in [-0.2, 0) is 11.3 Å². The number of hydrogen-bond donors (Lipinski definition) is 1. The monoisotopic (exact) mass is 391 g/mol. The average Bonchev–Trinajstić information content (AvgIpc) is 3.16. The molecule has 2 aromatic carbocycles. The second kappa shape index (κ2) is 8.80. The van der Waals surface area contributed by atoms with Crippen LogP contribution in [-0.4, -0.2) is 41.4 Å². The third-order valence-corrected chi connectivity index (χ3v) is 5.55. The van der Waals surface area contributed by atoms with Gasteiger partial charge in [0.2, 0.25) is 0 Å². The van der Waals surface area contributed by atoms with Crippen molar-refractivity contribution in [2.45, 2.75) is 30.4 Å². The zero-order valence-electron chi connectivity index (χ0n) is 14.7. The van der Waals surface area contributed by atoms with Gasteiger partial charge in [0.15, 0.2) is 0 Å². The van der Waals surface area contributed by atoms with Gasteiger partial charge in [0.1, 0.15) is 5.75 Å². The molecule has 1 aliphatic heterocycles. The maximum Gasteiger partial charge on any atom is 0.255 e. The predicted molar refractivity (Wildman–Crippen MR) is 105 cm³/mol. The van der Waals surface area contributed by atoms with Gasteiger partial charge in [-0.1, -0.05) is 29.8 Å². The van der Waals surface area contributed by atoms with Crippen LogP contribution in [0.1, 0.15) is 28.8 Å². The minimum atomic E-state index is -0.148. The fraction of sp³-hybridized carbons (Fsp3) is 0.350. The molecular formula is C20H22ClNO3S. The van der Waals surface area contributed by atoms with Crippen LogP contribution in [0.25, 0.3) is 0 Å². The minimum Gasteiger partial charge on any atom is -0.508 e. The van der Waals surface area contributed by atoms with E-state index in [9.17, 15) is 9.90 Å². The number of benzene rings is 2. The summed E-state index contributed by atoms with van der Waals surface area (Å²) in [4.78, 5) is 15.9. The zero-order valence-corrected chi connectivity index (χ0v) is 16.2. The van der Waals surface area contributed by atoms with E-state index in [1.165, 1.54) is 0 Å². The SMILES string of the molecule is CSc1ccc(Cl)c(C(=O)N(Cc2ccccc2O)CC2CCCO2)c1. The molecule has 3 rings (SSSR count). The molecule has 0 spiro atoms. The first-order valence-electron chi connectivity index (χ1n) is 8.59. The smallest absolute Gasteiger partial charge is 0.255 e.